The van der Waals surface area contributed by atoms with Gasteiger partial charge in [-0.15, -0.1) is 0 Å². The Bertz CT molecular complexity index is 1030. The number of aryl methyl sites for hydroxylation is 2. The highest BCUT2D eigenvalue weighted by Gasteiger charge is 2.28. The standard InChI is InChI=1S/C17H20N4O5/c1-9-8-11(14(22)21-6-4-10(5-7-21)16(24)25)18-13-12(9)15(23)20(3)17(26)19(13)2/h8,10H,4-7H2,1-3H3,(H,24,25). The van der Waals surface area contributed by atoms with Gasteiger partial charge in [-0.25, -0.2) is 9.78 Å². The van der Waals surface area contributed by atoms with E-state index in [9.17, 15) is 19.2 Å². The Morgan fingerprint density at radius 3 is 2.35 bits per heavy atom. The lowest BCUT2D eigenvalue weighted by Crippen LogP contribution is -2.41. The maximum absolute atomic E-state index is 12.8. The van der Waals surface area contributed by atoms with Crippen LogP contribution in [0.15, 0.2) is 15.7 Å². The number of carboxylic acids is 1. The summed E-state index contributed by atoms with van der Waals surface area (Å²) in [5, 5.41) is 9.36. The van der Waals surface area contributed by atoms with Crippen LogP contribution in [0.1, 0.15) is 28.9 Å². The van der Waals surface area contributed by atoms with E-state index in [0.29, 0.717) is 36.9 Å². The molecule has 138 valence electrons. The van der Waals surface area contributed by atoms with Crippen molar-refractivity contribution in [1.82, 2.24) is 19.0 Å². The summed E-state index contributed by atoms with van der Waals surface area (Å²) in [5.74, 6) is -1.61. The molecule has 0 spiro atoms. The predicted octanol–water partition coefficient (Wildman–Crippen LogP) is -0.123. The number of pyridine rings is 1. The number of carbonyl (C=O) groups excluding carboxylic acids is 1. The fourth-order valence-corrected chi connectivity index (χ4v) is 3.33. The largest absolute Gasteiger partial charge is 0.481 e. The first-order valence-corrected chi connectivity index (χ1v) is 8.31. The number of carboxylic acid groups (broad SMARTS) is 1. The molecular weight excluding hydrogens is 340 g/mol. The number of carbonyl (C=O) groups is 2. The van der Waals surface area contributed by atoms with E-state index in [2.05, 4.69) is 4.98 Å². The molecule has 9 nitrogen and oxygen atoms in total. The van der Waals surface area contributed by atoms with E-state index < -0.39 is 23.1 Å². The highest BCUT2D eigenvalue weighted by atomic mass is 16.4. The number of hydrogen-bond acceptors (Lipinski definition) is 5. The molecular formula is C17H20N4O5. The molecule has 0 atom stereocenters. The molecule has 1 amide bonds. The summed E-state index contributed by atoms with van der Waals surface area (Å²) in [6.07, 6.45) is 0.791. The number of hydrogen-bond donors (Lipinski definition) is 1. The first-order valence-electron chi connectivity index (χ1n) is 8.31. The van der Waals surface area contributed by atoms with Crippen LogP contribution in [-0.4, -0.2) is 49.1 Å². The molecule has 1 aliphatic heterocycles. The van der Waals surface area contributed by atoms with E-state index in [1.165, 1.54) is 18.7 Å². The Labute approximate surface area is 148 Å². The molecule has 0 unspecified atom stereocenters. The van der Waals surface area contributed by atoms with Gasteiger partial charge in [0.05, 0.1) is 11.3 Å². The second kappa shape index (κ2) is 6.40. The average Bonchev–Trinajstić information content (AvgIpc) is 2.63. The number of rotatable bonds is 2. The fraction of sp³-hybridized carbons (Fsp3) is 0.471. The minimum Gasteiger partial charge on any atom is -0.481 e. The Kier molecular flexibility index (Phi) is 4.39. The molecule has 3 heterocycles. The lowest BCUT2D eigenvalue weighted by Gasteiger charge is -2.30. The van der Waals surface area contributed by atoms with Crippen LogP contribution in [0.2, 0.25) is 0 Å². The maximum Gasteiger partial charge on any atom is 0.332 e. The Morgan fingerprint density at radius 1 is 1.15 bits per heavy atom. The second-order valence-corrected chi connectivity index (χ2v) is 6.63. The van der Waals surface area contributed by atoms with Crippen molar-refractivity contribution in [3.63, 3.8) is 0 Å². The topological polar surface area (TPSA) is 114 Å². The van der Waals surface area contributed by atoms with Gasteiger partial charge in [-0.1, -0.05) is 0 Å². The number of likely N-dealkylation sites (tertiary alicyclic amines) is 1. The number of aliphatic carboxylic acids is 1. The lowest BCUT2D eigenvalue weighted by molar-refractivity contribution is -0.143. The van der Waals surface area contributed by atoms with Gasteiger partial charge in [-0.2, -0.15) is 0 Å². The smallest absolute Gasteiger partial charge is 0.332 e. The first-order chi connectivity index (χ1) is 12.2. The molecule has 1 fully saturated rings. The van der Waals surface area contributed by atoms with Crippen molar-refractivity contribution in [3.05, 3.63) is 38.2 Å². The minimum absolute atomic E-state index is 0.145. The second-order valence-electron chi connectivity index (χ2n) is 6.63. The van der Waals surface area contributed by atoms with E-state index in [-0.39, 0.29) is 17.2 Å². The molecule has 0 saturated carbocycles. The van der Waals surface area contributed by atoms with Gasteiger partial charge in [-0.05, 0) is 31.4 Å². The summed E-state index contributed by atoms with van der Waals surface area (Å²) in [6, 6.07) is 1.54. The van der Waals surface area contributed by atoms with Crippen molar-refractivity contribution in [1.29, 1.82) is 0 Å². The zero-order valence-corrected chi connectivity index (χ0v) is 14.9. The quantitative estimate of drug-likeness (QED) is 0.798. The minimum atomic E-state index is -0.845. The van der Waals surface area contributed by atoms with E-state index in [4.69, 9.17) is 5.11 Å². The molecule has 1 N–H and O–H groups in total. The number of fused-ring (bicyclic) bond motifs is 1. The van der Waals surface area contributed by atoms with Crippen molar-refractivity contribution in [2.24, 2.45) is 20.0 Å². The number of amides is 1. The highest BCUT2D eigenvalue weighted by Crippen LogP contribution is 2.20. The van der Waals surface area contributed by atoms with E-state index in [1.54, 1.807) is 17.9 Å². The zero-order valence-electron chi connectivity index (χ0n) is 14.9. The van der Waals surface area contributed by atoms with Crippen molar-refractivity contribution in [3.8, 4) is 0 Å². The van der Waals surface area contributed by atoms with Crippen LogP contribution in [0.4, 0.5) is 0 Å². The summed E-state index contributed by atoms with van der Waals surface area (Å²) in [7, 11) is 2.90. The normalized spacial score (nSPS) is 15.4. The van der Waals surface area contributed by atoms with Crippen molar-refractivity contribution >= 4 is 22.9 Å². The van der Waals surface area contributed by atoms with E-state index in [0.717, 1.165) is 4.57 Å². The Morgan fingerprint density at radius 2 is 1.77 bits per heavy atom. The SMILES string of the molecule is Cc1cc(C(=O)N2CCC(C(=O)O)CC2)nc2c1c(=O)n(C)c(=O)n2C. The Balaban J connectivity index is 2.02. The molecule has 3 rings (SSSR count). The molecule has 0 aliphatic carbocycles. The summed E-state index contributed by atoms with van der Waals surface area (Å²) in [4.78, 5) is 54.1. The molecule has 26 heavy (non-hydrogen) atoms. The molecule has 1 aliphatic rings. The zero-order chi connectivity index (χ0) is 19.2. The van der Waals surface area contributed by atoms with Crippen LogP contribution >= 0.6 is 0 Å². The monoisotopic (exact) mass is 360 g/mol. The van der Waals surface area contributed by atoms with Gasteiger partial charge in [0.15, 0.2) is 0 Å². The molecule has 0 bridgehead atoms. The van der Waals surface area contributed by atoms with Gasteiger partial charge < -0.3 is 10.0 Å². The van der Waals surface area contributed by atoms with Crippen LogP contribution in [0.25, 0.3) is 11.0 Å². The summed E-state index contributed by atoms with van der Waals surface area (Å²) in [6.45, 7) is 2.37. The van der Waals surface area contributed by atoms with Gasteiger partial charge in [0.2, 0.25) is 0 Å². The van der Waals surface area contributed by atoms with Gasteiger partial charge in [0, 0.05) is 27.2 Å². The summed E-state index contributed by atoms with van der Waals surface area (Å²) in [5.41, 5.74) is -0.0838. The lowest BCUT2D eigenvalue weighted by atomic mass is 9.97. The van der Waals surface area contributed by atoms with Crippen LogP contribution < -0.4 is 11.2 Å². The van der Waals surface area contributed by atoms with Gasteiger partial charge in [0.25, 0.3) is 11.5 Å². The van der Waals surface area contributed by atoms with E-state index in [1.807, 2.05) is 0 Å². The van der Waals surface area contributed by atoms with Gasteiger partial charge >= 0.3 is 11.7 Å². The van der Waals surface area contributed by atoms with Crippen molar-refractivity contribution in [2.75, 3.05) is 13.1 Å². The van der Waals surface area contributed by atoms with Gasteiger partial charge in [0.1, 0.15) is 11.3 Å². The molecule has 0 radical (unpaired) electrons. The third-order valence-corrected chi connectivity index (χ3v) is 4.96. The molecule has 1 saturated heterocycles. The number of aromatic nitrogens is 3. The fourth-order valence-electron chi connectivity index (χ4n) is 3.33. The van der Waals surface area contributed by atoms with Crippen LogP contribution in [0, 0.1) is 12.8 Å². The molecule has 2 aromatic heterocycles. The van der Waals surface area contributed by atoms with Crippen molar-refractivity contribution < 1.29 is 14.7 Å². The molecule has 2 aromatic rings. The third-order valence-electron chi connectivity index (χ3n) is 4.96. The van der Waals surface area contributed by atoms with E-state index >= 15 is 0 Å². The van der Waals surface area contributed by atoms with Crippen LogP contribution in [0.3, 0.4) is 0 Å². The van der Waals surface area contributed by atoms with Crippen LogP contribution in [-0.2, 0) is 18.9 Å². The average molecular weight is 360 g/mol. The van der Waals surface area contributed by atoms with Crippen LogP contribution in [0.5, 0.6) is 0 Å². The highest BCUT2D eigenvalue weighted by molar-refractivity contribution is 5.95. The third kappa shape index (κ3) is 2.79. The van der Waals surface area contributed by atoms with Crippen molar-refractivity contribution in [2.45, 2.75) is 19.8 Å². The molecule has 0 aromatic carbocycles. The Hall–Kier alpha value is -2.97. The van der Waals surface area contributed by atoms with Gasteiger partial charge in [-0.3, -0.25) is 23.5 Å². The number of nitrogens with zero attached hydrogens (tertiary/aromatic N) is 4. The maximum atomic E-state index is 12.8. The first kappa shape index (κ1) is 17.8. The number of piperidine rings is 1. The summed E-state index contributed by atoms with van der Waals surface area (Å²) < 4.78 is 2.26. The predicted molar refractivity (Wildman–Crippen MR) is 93.2 cm³/mol. The summed E-state index contributed by atoms with van der Waals surface area (Å²) >= 11 is 0. The molecule has 9 heteroatoms.